The highest BCUT2D eigenvalue weighted by Crippen LogP contribution is 2.35. The molecule has 0 aliphatic heterocycles. The topological polar surface area (TPSA) is 114 Å². The summed E-state index contributed by atoms with van der Waals surface area (Å²) >= 11 is 0. The van der Waals surface area contributed by atoms with Crippen molar-refractivity contribution >= 4 is 20.7 Å². The first-order valence-corrected chi connectivity index (χ1v) is 11.7. The minimum atomic E-state index is -3.62. The predicted octanol–water partition coefficient (Wildman–Crippen LogP) is 3.61. The molecule has 3 aromatic heterocycles. The normalized spacial score (nSPS) is 12.1. The lowest BCUT2D eigenvalue weighted by atomic mass is 10.1. The molecule has 0 aliphatic carbocycles. The van der Waals surface area contributed by atoms with Gasteiger partial charge in [-0.3, -0.25) is 14.9 Å². The minimum Gasteiger partial charge on any atom is -0.299 e. The van der Waals surface area contributed by atoms with Crippen LogP contribution >= 0.6 is 0 Å². The highest BCUT2D eigenvalue weighted by Gasteiger charge is 2.24. The first-order chi connectivity index (χ1) is 15.6. The molecule has 0 saturated heterocycles. The van der Waals surface area contributed by atoms with E-state index in [0.29, 0.717) is 22.3 Å². The van der Waals surface area contributed by atoms with E-state index in [1.54, 1.807) is 29.1 Å². The van der Waals surface area contributed by atoms with Crippen molar-refractivity contribution < 1.29 is 12.8 Å². The summed E-state index contributed by atoms with van der Waals surface area (Å²) < 4.78 is 41.0. The number of hydrogen-bond acceptors (Lipinski definition) is 7. The maximum absolute atomic E-state index is 14.0. The van der Waals surface area contributed by atoms with Gasteiger partial charge in [0.15, 0.2) is 9.84 Å². The molecule has 1 aromatic carbocycles. The van der Waals surface area contributed by atoms with Gasteiger partial charge in [0.25, 0.3) is 0 Å². The lowest BCUT2D eigenvalue weighted by Crippen LogP contribution is -2.39. The molecule has 0 atom stereocenters. The van der Waals surface area contributed by atoms with Gasteiger partial charge in [0.05, 0.1) is 27.4 Å². The first-order valence-electron chi connectivity index (χ1n) is 10.1. The van der Waals surface area contributed by atoms with Crippen LogP contribution in [0.3, 0.4) is 0 Å². The van der Waals surface area contributed by atoms with Gasteiger partial charge in [-0.05, 0) is 57.2 Å². The van der Waals surface area contributed by atoms with E-state index in [1.807, 2.05) is 20.8 Å². The Hall–Kier alpha value is -3.68. The molecule has 33 heavy (non-hydrogen) atoms. The van der Waals surface area contributed by atoms with E-state index < -0.39 is 15.7 Å². The molecule has 4 rings (SSSR count). The number of benzene rings is 1. The Kier molecular flexibility index (Phi) is 5.69. The zero-order valence-corrected chi connectivity index (χ0v) is 19.1. The lowest BCUT2D eigenvalue weighted by molar-refractivity contribution is 0.452. The SMILES string of the molecule is CC(C)(C)NCS(=O)(=O)c1ccc(-c2c(C#N)c3cc(F)ccc3n2-c2ncccn2)nc1. The van der Waals surface area contributed by atoms with Gasteiger partial charge in [-0.1, -0.05) is 0 Å². The first kappa shape index (κ1) is 22.5. The monoisotopic (exact) mass is 464 g/mol. The van der Waals surface area contributed by atoms with Crippen LogP contribution in [0.5, 0.6) is 0 Å². The van der Waals surface area contributed by atoms with Crippen molar-refractivity contribution in [3.05, 3.63) is 66.4 Å². The predicted molar refractivity (Wildman–Crippen MR) is 122 cm³/mol. The Morgan fingerprint density at radius 3 is 2.45 bits per heavy atom. The molecule has 4 aromatic rings. The van der Waals surface area contributed by atoms with Crippen LogP contribution in [0.25, 0.3) is 28.2 Å². The molecule has 0 aliphatic rings. The summed E-state index contributed by atoms with van der Waals surface area (Å²) in [5, 5.41) is 13.2. The quantitative estimate of drug-likeness (QED) is 0.480. The fraction of sp³-hybridized carbons (Fsp3) is 0.217. The van der Waals surface area contributed by atoms with Crippen LogP contribution in [0.15, 0.2) is 59.9 Å². The molecule has 0 fully saturated rings. The Morgan fingerprint density at radius 2 is 1.85 bits per heavy atom. The van der Waals surface area contributed by atoms with Gasteiger partial charge in [0.2, 0.25) is 5.95 Å². The molecule has 0 spiro atoms. The smallest absolute Gasteiger partial charge is 0.234 e. The molecule has 1 N–H and O–H groups in total. The standard InChI is InChI=1S/C23H21FN6O2S/c1-23(2,3)29-14-33(31,32)16-6-7-19(28-13-16)21-18(12-25)17-11-15(24)5-8-20(17)30(21)22-26-9-4-10-27-22/h4-11,13,29H,14H2,1-3H3. The number of nitrogens with one attached hydrogen (secondary N) is 1. The maximum Gasteiger partial charge on any atom is 0.234 e. The molecule has 0 unspecified atom stereocenters. The summed E-state index contributed by atoms with van der Waals surface area (Å²) in [4.78, 5) is 12.9. The van der Waals surface area contributed by atoms with Crippen LogP contribution in [0, 0.1) is 17.1 Å². The summed E-state index contributed by atoms with van der Waals surface area (Å²) in [6, 6.07) is 10.9. The molecule has 0 amide bonds. The van der Waals surface area contributed by atoms with E-state index in [-0.39, 0.29) is 27.8 Å². The Bertz CT molecular complexity index is 1470. The Balaban J connectivity index is 1.88. The third-order valence-corrected chi connectivity index (χ3v) is 6.41. The third kappa shape index (κ3) is 4.46. The summed E-state index contributed by atoms with van der Waals surface area (Å²) in [7, 11) is -3.62. The average molecular weight is 465 g/mol. The van der Waals surface area contributed by atoms with Crippen LogP contribution in [0.1, 0.15) is 26.3 Å². The van der Waals surface area contributed by atoms with Crippen molar-refractivity contribution in [3.63, 3.8) is 0 Å². The molecule has 8 nitrogen and oxygen atoms in total. The van der Waals surface area contributed by atoms with E-state index in [0.717, 1.165) is 0 Å². The van der Waals surface area contributed by atoms with E-state index in [9.17, 15) is 18.1 Å². The van der Waals surface area contributed by atoms with Crippen LogP contribution < -0.4 is 5.32 Å². The second-order valence-corrected chi connectivity index (χ2v) is 10.4. The van der Waals surface area contributed by atoms with Gasteiger partial charge < -0.3 is 0 Å². The Labute approximate surface area is 190 Å². The number of hydrogen-bond donors (Lipinski definition) is 1. The average Bonchev–Trinajstić information content (AvgIpc) is 3.11. The molecular formula is C23H21FN6O2S. The third-order valence-electron chi connectivity index (χ3n) is 4.92. The van der Waals surface area contributed by atoms with Crippen molar-refractivity contribution in [3.8, 4) is 23.4 Å². The van der Waals surface area contributed by atoms with Gasteiger partial charge in [-0.2, -0.15) is 5.26 Å². The summed E-state index contributed by atoms with van der Waals surface area (Å²) in [5.74, 6) is -0.450. The lowest BCUT2D eigenvalue weighted by Gasteiger charge is -2.20. The highest BCUT2D eigenvalue weighted by molar-refractivity contribution is 7.91. The fourth-order valence-corrected chi connectivity index (χ4v) is 4.61. The zero-order valence-electron chi connectivity index (χ0n) is 18.2. The molecule has 0 bridgehead atoms. The second kappa shape index (κ2) is 8.35. The van der Waals surface area contributed by atoms with Gasteiger partial charge in [-0.25, -0.2) is 22.8 Å². The summed E-state index contributed by atoms with van der Waals surface area (Å²) in [6.45, 7) is 5.63. The van der Waals surface area contributed by atoms with Gasteiger partial charge in [0, 0.05) is 29.5 Å². The summed E-state index contributed by atoms with van der Waals surface area (Å²) in [5.41, 5.74) is 1.03. The van der Waals surface area contributed by atoms with Crippen LogP contribution in [-0.4, -0.2) is 39.4 Å². The molecule has 168 valence electrons. The number of rotatable bonds is 5. The highest BCUT2D eigenvalue weighted by atomic mass is 32.2. The van der Waals surface area contributed by atoms with Crippen molar-refractivity contribution in [1.29, 1.82) is 5.26 Å². The number of aromatic nitrogens is 4. The van der Waals surface area contributed by atoms with Crippen LogP contribution in [-0.2, 0) is 9.84 Å². The molecular weight excluding hydrogens is 443 g/mol. The van der Waals surface area contributed by atoms with Gasteiger partial charge in [0.1, 0.15) is 17.8 Å². The van der Waals surface area contributed by atoms with Crippen molar-refractivity contribution in [1.82, 2.24) is 24.8 Å². The molecule has 10 heteroatoms. The van der Waals surface area contributed by atoms with Crippen molar-refractivity contribution in [2.24, 2.45) is 0 Å². The van der Waals surface area contributed by atoms with Crippen LogP contribution in [0.4, 0.5) is 4.39 Å². The Morgan fingerprint density at radius 1 is 1.12 bits per heavy atom. The van der Waals surface area contributed by atoms with E-state index >= 15 is 0 Å². The number of nitrogens with zero attached hydrogens (tertiary/aromatic N) is 5. The number of pyridine rings is 1. The minimum absolute atomic E-state index is 0.0474. The van der Waals surface area contributed by atoms with Crippen LogP contribution in [0.2, 0.25) is 0 Å². The number of fused-ring (bicyclic) bond motifs is 1. The van der Waals surface area contributed by atoms with Gasteiger partial charge in [-0.15, -0.1) is 0 Å². The van der Waals surface area contributed by atoms with E-state index in [1.165, 1.54) is 30.5 Å². The van der Waals surface area contributed by atoms with Crippen molar-refractivity contribution in [2.75, 3.05) is 5.88 Å². The molecule has 0 radical (unpaired) electrons. The largest absolute Gasteiger partial charge is 0.299 e. The van der Waals surface area contributed by atoms with E-state index in [4.69, 9.17) is 0 Å². The summed E-state index contributed by atoms with van der Waals surface area (Å²) in [6.07, 6.45) is 4.36. The second-order valence-electron chi connectivity index (χ2n) is 8.45. The van der Waals surface area contributed by atoms with E-state index in [2.05, 4.69) is 26.3 Å². The zero-order chi connectivity index (χ0) is 23.8. The number of nitriles is 1. The number of halogens is 1. The number of sulfone groups is 1. The van der Waals surface area contributed by atoms with Gasteiger partial charge >= 0.3 is 0 Å². The molecule has 0 saturated carbocycles. The molecule has 3 heterocycles. The fourth-order valence-electron chi connectivity index (χ4n) is 3.33. The maximum atomic E-state index is 14.0. The van der Waals surface area contributed by atoms with Crippen molar-refractivity contribution in [2.45, 2.75) is 31.2 Å².